The van der Waals surface area contributed by atoms with E-state index < -0.39 is 0 Å². The molecule has 0 spiro atoms. The lowest BCUT2D eigenvalue weighted by atomic mass is 10.1. The van der Waals surface area contributed by atoms with E-state index in [4.69, 9.17) is 15.2 Å². The van der Waals surface area contributed by atoms with E-state index in [2.05, 4.69) is 13.8 Å². The van der Waals surface area contributed by atoms with Crippen molar-refractivity contribution in [1.29, 1.82) is 0 Å². The highest BCUT2D eigenvalue weighted by Gasteiger charge is 2.06. The quantitative estimate of drug-likeness (QED) is 0.616. The zero-order chi connectivity index (χ0) is 10.3. The van der Waals surface area contributed by atoms with Gasteiger partial charge in [-0.15, -0.1) is 0 Å². The van der Waals surface area contributed by atoms with Crippen LogP contribution in [0.5, 0.6) is 0 Å². The molecule has 0 aromatic heterocycles. The van der Waals surface area contributed by atoms with Crippen molar-refractivity contribution in [2.75, 3.05) is 19.8 Å². The molecule has 80 valence electrons. The summed E-state index contributed by atoms with van der Waals surface area (Å²) < 4.78 is 10.7. The molecule has 0 fully saturated rings. The smallest absolute Gasteiger partial charge is 0.0703 e. The highest BCUT2D eigenvalue weighted by atomic mass is 16.5. The number of hydrogen-bond acceptors (Lipinski definition) is 3. The van der Waals surface area contributed by atoms with Gasteiger partial charge in [-0.25, -0.2) is 0 Å². The molecule has 0 radical (unpaired) electrons. The molecule has 0 amide bonds. The van der Waals surface area contributed by atoms with E-state index in [1.807, 2.05) is 13.8 Å². The van der Waals surface area contributed by atoms with Crippen molar-refractivity contribution in [3.63, 3.8) is 0 Å². The molecule has 0 saturated heterocycles. The SMILES string of the molecule is CC(C)OCCOCC(N)C(C)C. The Kier molecular flexibility index (Phi) is 7.23. The largest absolute Gasteiger partial charge is 0.377 e. The van der Waals surface area contributed by atoms with E-state index in [1.54, 1.807) is 0 Å². The van der Waals surface area contributed by atoms with Crippen LogP contribution in [0.3, 0.4) is 0 Å². The summed E-state index contributed by atoms with van der Waals surface area (Å²) in [5.41, 5.74) is 5.79. The van der Waals surface area contributed by atoms with E-state index in [9.17, 15) is 0 Å². The molecule has 0 rings (SSSR count). The number of ether oxygens (including phenoxy) is 2. The average Bonchev–Trinajstić information content (AvgIpc) is 2.02. The van der Waals surface area contributed by atoms with Crippen LogP contribution in [0.1, 0.15) is 27.7 Å². The molecule has 0 aliphatic carbocycles. The van der Waals surface area contributed by atoms with Crippen molar-refractivity contribution in [3.05, 3.63) is 0 Å². The predicted molar refractivity (Wildman–Crippen MR) is 54.7 cm³/mol. The Balaban J connectivity index is 3.16. The maximum absolute atomic E-state index is 5.79. The summed E-state index contributed by atoms with van der Waals surface area (Å²) in [5.74, 6) is 0.478. The minimum absolute atomic E-state index is 0.138. The maximum Gasteiger partial charge on any atom is 0.0703 e. The van der Waals surface area contributed by atoms with Gasteiger partial charge in [0.1, 0.15) is 0 Å². The van der Waals surface area contributed by atoms with Crippen LogP contribution in [0.2, 0.25) is 0 Å². The van der Waals surface area contributed by atoms with Crippen molar-refractivity contribution < 1.29 is 9.47 Å². The fourth-order valence-corrected chi connectivity index (χ4v) is 0.755. The standard InChI is InChI=1S/C10H23NO2/c1-8(2)10(11)7-12-5-6-13-9(3)4/h8-10H,5-7,11H2,1-4H3. The second kappa shape index (κ2) is 7.30. The molecule has 0 aromatic rings. The molecule has 1 atom stereocenters. The van der Waals surface area contributed by atoms with Gasteiger partial charge < -0.3 is 15.2 Å². The first kappa shape index (κ1) is 12.9. The zero-order valence-corrected chi connectivity index (χ0v) is 9.25. The Bertz CT molecular complexity index is 115. The minimum Gasteiger partial charge on any atom is -0.377 e. The van der Waals surface area contributed by atoms with Crippen LogP contribution in [0.4, 0.5) is 0 Å². The Morgan fingerprint density at radius 2 is 1.69 bits per heavy atom. The Labute approximate surface area is 81.6 Å². The van der Waals surface area contributed by atoms with Crippen LogP contribution >= 0.6 is 0 Å². The summed E-state index contributed by atoms with van der Waals surface area (Å²) >= 11 is 0. The molecule has 3 heteroatoms. The monoisotopic (exact) mass is 189 g/mol. The number of nitrogens with two attached hydrogens (primary N) is 1. The predicted octanol–water partition coefficient (Wildman–Crippen LogP) is 1.41. The van der Waals surface area contributed by atoms with Gasteiger partial charge in [0.05, 0.1) is 25.9 Å². The van der Waals surface area contributed by atoms with Gasteiger partial charge in [-0.3, -0.25) is 0 Å². The molecule has 1 unspecified atom stereocenters. The number of hydrogen-bond donors (Lipinski definition) is 1. The van der Waals surface area contributed by atoms with Crippen molar-refractivity contribution in [2.45, 2.75) is 39.8 Å². The van der Waals surface area contributed by atoms with Gasteiger partial charge in [0, 0.05) is 6.04 Å². The molecule has 2 N–H and O–H groups in total. The molecular weight excluding hydrogens is 166 g/mol. The van der Waals surface area contributed by atoms with Gasteiger partial charge in [0.15, 0.2) is 0 Å². The first-order valence-electron chi connectivity index (χ1n) is 4.99. The highest BCUT2D eigenvalue weighted by Crippen LogP contribution is 1.98. The molecule has 3 nitrogen and oxygen atoms in total. The highest BCUT2D eigenvalue weighted by molar-refractivity contribution is 4.63. The Morgan fingerprint density at radius 3 is 2.15 bits per heavy atom. The third-order valence-electron chi connectivity index (χ3n) is 1.85. The fraction of sp³-hybridized carbons (Fsp3) is 1.00. The van der Waals surface area contributed by atoms with Crippen molar-refractivity contribution >= 4 is 0 Å². The summed E-state index contributed by atoms with van der Waals surface area (Å²) in [4.78, 5) is 0. The van der Waals surface area contributed by atoms with Crippen LogP contribution in [0, 0.1) is 5.92 Å². The van der Waals surface area contributed by atoms with Crippen LogP contribution in [0.25, 0.3) is 0 Å². The van der Waals surface area contributed by atoms with Crippen LogP contribution < -0.4 is 5.73 Å². The van der Waals surface area contributed by atoms with E-state index in [0.29, 0.717) is 25.7 Å². The second-order valence-electron chi connectivity index (χ2n) is 3.90. The molecule has 0 aliphatic rings. The van der Waals surface area contributed by atoms with Gasteiger partial charge >= 0.3 is 0 Å². The van der Waals surface area contributed by atoms with Gasteiger partial charge in [-0.05, 0) is 19.8 Å². The third-order valence-corrected chi connectivity index (χ3v) is 1.85. The Morgan fingerprint density at radius 1 is 1.08 bits per heavy atom. The fourth-order valence-electron chi connectivity index (χ4n) is 0.755. The lowest BCUT2D eigenvalue weighted by Crippen LogP contribution is -2.32. The minimum atomic E-state index is 0.138. The molecule has 0 heterocycles. The van der Waals surface area contributed by atoms with E-state index in [1.165, 1.54) is 0 Å². The number of rotatable bonds is 7. The first-order chi connectivity index (χ1) is 6.04. The van der Waals surface area contributed by atoms with Gasteiger partial charge in [-0.2, -0.15) is 0 Å². The topological polar surface area (TPSA) is 44.5 Å². The van der Waals surface area contributed by atoms with Gasteiger partial charge in [-0.1, -0.05) is 13.8 Å². The van der Waals surface area contributed by atoms with Crippen molar-refractivity contribution in [1.82, 2.24) is 0 Å². The van der Waals surface area contributed by atoms with Gasteiger partial charge in [0.25, 0.3) is 0 Å². The molecule has 13 heavy (non-hydrogen) atoms. The van der Waals surface area contributed by atoms with E-state index >= 15 is 0 Å². The normalized spacial score (nSPS) is 14.1. The van der Waals surface area contributed by atoms with Crippen molar-refractivity contribution in [3.8, 4) is 0 Å². The molecular formula is C10H23NO2. The molecule has 0 aliphatic heterocycles. The third kappa shape index (κ3) is 8.22. The zero-order valence-electron chi connectivity index (χ0n) is 9.25. The summed E-state index contributed by atoms with van der Waals surface area (Å²) in [6.45, 7) is 10.1. The maximum atomic E-state index is 5.79. The lowest BCUT2D eigenvalue weighted by molar-refractivity contribution is 0.0136. The summed E-state index contributed by atoms with van der Waals surface area (Å²) in [6, 6.07) is 0.138. The summed E-state index contributed by atoms with van der Waals surface area (Å²) in [5, 5.41) is 0. The lowest BCUT2D eigenvalue weighted by Gasteiger charge is -2.15. The van der Waals surface area contributed by atoms with Crippen LogP contribution in [-0.4, -0.2) is 32.0 Å². The van der Waals surface area contributed by atoms with Crippen LogP contribution in [-0.2, 0) is 9.47 Å². The molecule has 0 aromatic carbocycles. The van der Waals surface area contributed by atoms with Gasteiger partial charge in [0.2, 0.25) is 0 Å². The molecule has 0 bridgehead atoms. The van der Waals surface area contributed by atoms with E-state index in [0.717, 1.165) is 0 Å². The molecule has 0 saturated carbocycles. The van der Waals surface area contributed by atoms with Crippen LogP contribution in [0.15, 0.2) is 0 Å². The summed E-state index contributed by atoms with van der Waals surface area (Å²) in [6.07, 6.45) is 0.280. The van der Waals surface area contributed by atoms with E-state index in [-0.39, 0.29) is 12.1 Å². The van der Waals surface area contributed by atoms with Crippen molar-refractivity contribution in [2.24, 2.45) is 11.7 Å². The first-order valence-corrected chi connectivity index (χ1v) is 4.99. The Hall–Kier alpha value is -0.120. The summed E-state index contributed by atoms with van der Waals surface area (Å²) in [7, 11) is 0. The second-order valence-corrected chi connectivity index (χ2v) is 3.90. The average molecular weight is 189 g/mol.